The van der Waals surface area contributed by atoms with Gasteiger partial charge in [0, 0.05) is 17.1 Å². The molecule has 1 atom stereocenters. The molecule has 1 aromatic heterocycles. The van der Waals surface area contributed by atoms with Gasteiger partial charge in [0.1, 0.15) is 12.4 Å². The Bertz CT molecular complexity index is 866. The van der Waals surface area contributed by atoms with Crippen LogP contribution in [0.1, 0.15) is 24.4 Å². The van der Waals surface area contributed by atoms with E-state index >= 15 is 0 Å². The first kappa shape index (κ1) is 18.4. The highest BCUT2D eigenvalue weighted by Gasteiger charge is 2.19. The first-order valence-corrected chi connectivity index (χ1v) is 8.90. The van der Waals surface area contributed by atoms with Crippen molar-refractivity contribution in [2.45, 2.75) is 19.9 Å². The van der Waals surface area contributed by atoms with Crippen LogP contribution in [-0.2, 0) is 0 Å². The molecule has 0 radical (unpaired) electrons. The van der Waals surface area contributed by atoms with Crippen molar-refractivity contribution in [3.05, 3.63) is 65.0 Å². The maximum atomic E-state index is 6.02. The Hall–Kier alpha value is -2.37. The second-order valence-electron chi connectivity index (χ2n) is 6.28. The van der Waals surface area contributed by atoms with Crippen molar-refractivity contribution in [2.24, 2.45) is 0 Å². The summed E-state index contributed by atoms with van der Waals surface area (Å²) in [7, 11) is 2.01. The highest BCUT2D eigenvalue weighted by Crippen LogP contribution is 2.25. The van der Waals surface area contributed by atoms with E-state index in [0.717, 1.165) is 17.9 Å². The predicted octanol–water partition coefficient (Wildman–Crippen LogP) is 4.77. The molecule has 2 aromatic carbocycles. The lowest BCUT2D eigenvalue weighted by molar-refractivity contribution is 0.182. The van der Waals surface area contributed by atoms with Crippen LogP contribution in [0, 0.1) is 6.92 Å². The van der Waals surface area contributed by atoms with Gasteiger partial charge in [-0.05, 0) is 56.8 Å². The number of halogens is 1. The average Bonchev–Trinajstić information content (AvgIpc) is 3.11. The Labute approximate surface area is 158 Å². The van der Waals surface area contributed by atoms with E-state index in [1.54, 1.807) is 0 Å². The van der Waals surface area contributed by atoms with Crippen LogP contribution in [0.5, 0.6) is 5.75 Å². The number of likely N-dealkylation sites (N-methyl/N-ethyl adjacent to an activating group) is 1. The summed E-state index contributed by atoms with van der Waals surface area (Å²) in [6, 6.07) is 15.4. The smallest absolute Gasteiger partial charge is 0.247 e. The Morgan fingerprint density at radius 3 is 2.73 bits per heavy atom. The van der Waals surface area contributed by atoms with E-state index in [-0.39, 0.29) is 6.04 Å². The molecule has 0 fully saturated rings. The van der Waals surface area contributed by atoms with Crippen molar-refractivity contribution in [3.8, 4) is 17.2 Å². The first-order chi connectivity index (χ1) is 12.5. The molecule has 3 rings (SSSR count). The number of nitrogens with zero attached hydrogens (tertiary/aromatic N) is 3. The lowest BCUT2D eigenvalue weighted by Crippen LogP contribution is -2.27. The predicted molar refractivity (Wildman–Crippen MR) is 102 cm³/mol. The number of benzene rings is 2. The van der Waals surface area contributed by atoms with Crippen molar-refractivity contribution in [1.82, 2.24) is 15.1 Å². The zero-order valence-electron chi connectivity index (χ0n) is 15.1. The molecular formula is C20H22ClN3O2. The minimum Gasteiger partial charge on any atom is -0.492 e. The van der Waals surface area contributed by atoms with Crippen LogP contribution in [0.25, 0.3) is 11.5 Å². The van der Waals surface area contributed by atoms with Crippen molar-refractivity contribution >= 4 is 11.6 Å². The maximum Gasteiger partial charge on any atom is 0.247 e. The molecule has 26 heavy (non-hydrogen) atoms. The number of hydrogen-bond donors (Lipinski definition) is 0. The second-order valence-corrected chi connectivity index (χ2v) is 6.71. The molecule has 5 nitrogen and oxygen atoms in total. The zero-order chi connectivity index (χ0) is 18.5. The lowest BCUT2D eigenvalue weighted by Gasteiger charge is -2.21. The van der Waals surface area contributed by atoms with Gasteiger partial charge < -0.3 is 9.15 Å². The molecule has 0 spiro atoms. The molecule has 1 unspecified atom stereocenters. The normalized spacial score (nSPS) is 12.3. The third-order valence-corrected chi connectivity index (χ3v) is 4.47. The number of aromatic nitrogens is 2. The maximum absolute atomic E-state index is 6.02. The Balaban J connectivity index is 1.57. The standard InChI is InChI=1S/C20H22ClN3O2/c1-14-6-4-9-18(12-14)25-11-10-24(3)15(2)19-22-23-20(26-19)16-7-5-8-17(21)13-16/h4-9,12-13,15H,10-11H2,1-3H3. The highest BCUT2D eigenvalue weighted by molar-refractivity contribution is 6.30. The third-order valence-electron chi connectivity index (χ3n) is 4.23. The fourth-order valence-electron chi connectivity index (χ4n) is 2.54. The summed E-state index contributed by atoms with van der Waals surface area (Å²) >= 11 is 6.02. The number of rotatable bonds is 7. The minimum atomic E-state index is -0.0171. The fourth-order valence-corrected chi connectivity index (χ4v) is 2.73. The molecule has 6 heteroatoms. The molecular weight excluding hydrogens is 350 g/mol. The van der Waals surface area contributed by atoms with Crippen LogP contribution in [0.4, 0.5) is 0 Å². The van der Waals surface area contributed by atoms with E-state index in [4.69, 9.17) is 20.8 Å². The molecule has 136 valence electrons. The first-order valence-electron chi connectivity index (χ1n) is 8.52. The number of ether oxygens (including phenoxy) is 1. The van der Waals surface area contributed by atoms with E-state index in [0.29, 0.717) is 23.4 Å². The second kappa shape index (κ2) is 8.34. The van der Waals surface area contributed by atoms with Crippen LogP contribution in [0.2, 0.25) is 5.02 Å². The van der Waals surface area contributed by atoms with Crippen molar-refractivity contribution in [3.63, 3.8) is 0 Å². The summed E-state index contributed by atoms with van der Waals surface area (Å²) in [6.07, 6.45) is 0. The number of aryl methyl sites for hydroxylation is 1. The molecule has 0 aliphatic heterocycles. The summed E-state index contributed by atoms with van der Waals surface area (Å²) in [5.74, 6) is 1.92. The molecule has 1 heterocycles. The summed E-state index contributed by atoms with van der Waals surface area (Å²) < 4.78 is 11.6. The van der Waals surface area contributed by atoms with Gasteiger partial charge in [-0.1, -0.05) is 29.8 Å². The largest absolute Gasteiger partial charge is 0.492 e. The third kappa shape index (κ3) is 4.62. The minimum absolute atomic E-state index is 0.0171. The topological polar surface area (TPSA) is 51.4 Å². The van der Waals surface area contributed by atoms with Crippen LogP contribution >= 0.6 is 11.6 Å². The van der Waals surface area contributed by atoms with Crippen LogP contribution < -0.4 is 4.74 Å². The SMILES string of the molecule is Cc1cccc(OCCN(C)C(C)c2nnc(-c3cccc(Cl)c3)o2)c1. The van der Waals surface area contributed by atoms with Crippen LogP contribution in [0.3, 0.4) is 0 Å². The van der Waals surface area contributed by atoms with E-state index in [1.807, 2.05) is 69.4 Å². The van der Waals surface area contributed by atoms with Gasteiger partial charge in [-0.3, -0.25) is 4.90 Å². The van der Waals surface area contributed by atoms with Gasteiger partial charge in [-0.2, -0.15) is 0 Å². The van der Waals surface area contributed by atoms with E-state index in [1.165, 1.54) is 5.56 Å². The Morgan fingerprint density at radius 1 is 1.15 bits per heavy atom. The summed E-state index contributed by atoms with van der Waals surface area (Å²) in [5, 5.41) is 8.95. The van der Waals surface area contributed by atoms with Gasteiger partial charge in [0.15, 0.2) is 0 Å². The van der Waals surface area contributed by atoms with E-state index in [2.05, 4.69) is 15.1 Å². The van der Waals surface area contributed by atoms with Gasteiger partial charge in [0.05, 0.1) is 6.04 Å². The zero-order valence-corrected chi connectivity index (χ0v) is 15.9. The molecule has 3 aromatic rings. The van der Waals surface area contributed by atoms with Crippen LogP contribution in [0.15, 0.2) is 52.9 Å². The molecule has 0 aliphatic rings. The summed E-state index contributed by atoms with van der Waals surface area (Å²) in [5.41, 5.74) is 2.00. The molecule has 0 aliphatic carbocycles. The van der Waals surface area contributed by atoms with Crippen molar-refractivity contribution < 1.29 is 9.15 Å². The van der Waals surface area contributed by atoms with Gasteiger partial charge >= 0.3 is 0 Å². The highest BCUT2D eigenvalue weighted by atomic mass is 35.5. The van der Waals surface area contributed by atoms with Crippen LogP contribution in [-0.4, -0.2) is 35.3 Å². The molecule has 0 bridgehead atoms. The van der Waals surface area contributed by atoms with E-state index in [9.17, 15) is 0 Å². The summed E-state index contributed by atoms with van der Waals surface area (Å²) in [4.78, 5) is 2.12. The van der Waals surface area contributed by atoms with Gasteiger partial charge in [-0.25, -0.2) is 0 Å². The van der Waals surface area contributed by atoms with Gasteiger partial charge in [0.25, 0.3) is 0 Å². The van der Waals surface area contributed by atoms with E-state index < -0.39 is 0 Å². The molecule has 0 amide bonds. The fraction of sp³-hybridized carbons (Fsp3) is 0.300. The Morgan fingerprint density at radius 2 is 1.96 bits per heavy atom. The quantitative estimate of drug-likeness (QED) is 0.598. The van der Waals surface area contributed by atoms with Crippen molar-refractivity contribution in [2.75, 3.05) is 20.2 Å². The Kier molecular flexibility index (Phi) is 5.91. The molecule has 0 saturated heterocycles. The molecule has 0 N–H and O–H groups in total. The molecule has 0 saturated carbocycles. The van der Waals surface area contributed by atoms with Gasteiger partial charge in [-0.15, -0.1) is 10.2 Å². The monoisotopic (exact) mass is 371 g/mol. The average molecular weight is 372 g/mol. The number of hydrogen-bond acceptors (Lipinski definition) is 5. The lowest BCUT2D eigenvalue weighted by atomic mass is 10.2. The summed E-state index contributed by atoms with van der Waals surface area (Å²) in [6.45, 7) is 5.40. The van der Waals surface area contributed by atoms with Gasteiger partial charge in [0.2, 0.25) is 11.8 Å². The van der Waals surface area contributed by atoms with Crippen molar-refractivity contribution in [1.29, 1.82) is 0 Å².